The van der Waals surface area contributed by atoms with Crippen LogP contribution in [0, 0.1) is 0 Å². The van der Waals surface area contributed by atoms with E-state index in [0.29, 0.717) is 6.61 Å². The third kappa shape index (κ3) is 6.65. The highest BCUT2D eigenvalue weighted by atomic mass is 32.2. The maximum Gasteiger partial charge on any atom is 0.251 e. The van der Waals surface area contributed by atoms with Gasteiger partial charge >= 0.3 is 0 Å². The average molecular weight is 464 g/mol. The number of primary amides is 1. The fourth-order valence-electron chi connectivity index (χ4n) is 3.56. The van der Waals surface area contributed by atoms with Crippen molar-refractivity contribution in [1.29, 1.82) is 0 Å². The predicted octanol–water partition coefficient (Wildman–Crippen LogP) is 0.515. The molecule has 9 nitrogen and oxygen atoms in total. The number of hydrogen-bond donors (Lipinski definition) is 1. The van der Waals surface area contributed by atoms with Crippen LogP contribution in [0.1, 0.15) is 6.42 Å². The molecule has 0 spiro atoms. The van der Waals surface area contributed by atoms with Crippen molar-refractivity contribution in [3.05, 3.63) is 52.9 Å². The molecule has 1 unspecified atom stereocenters. The Hall–Kier alpha value is -2.69. The first-order chi connectivity index (χ1) is 15.2. The number of carbonyl (C=O) groups excluding carboxylic acids is 1. The Morgan fingerprint density at radius 3 is 2.41 bits per heavy atom. The number of nitrogens with two attached hydrogens (primary N) is 1. The van der Waals surface area contributed by atoms with Gasteiger partial charge in [0.1, 0.15) is 17.6 Å². The van der Waals surface area contributed by atoms with Crippen molar-refractivity contribution in [1.82, 2.24) is 9.47 Å². The van der Waals surface area contributed by atoms with Crippen LogP contribution in [0.3, 0.4) is 0 Å². The average Bonchev–Trinajstić information content (AvgIpc) is 2.75. The van der Waals surface area contributed by atoms with Crippen molar-refractivity contribution in [2.75, 3.05) is 45.7 Å². The molecule has 0 saturated carbocycles. The number of rotatable bonds is 10. The molecule has 1 aliphatic heterocycles. The van der Waals surface area contributed by atoms with Gasteiger partial charge in [-0.05, 0) is 35.7 Å². The van der Waals surface area contributed by atoms with E-state index in [0.717, 1.165) is 56.0 Å². The SMILES string of the molecule is CS(=O)(=O)C(CCn1ccc(-c2ccc(OCCN3CCOCC3)cc2)cc1=O)C(N)=O. The molecule has 174 valence electrons. The summed E-state index contributed by atoms with van der Waals surface area (Å²) in [5.74, 6) is -0.155. The zero-order valence-corrected chi connectivity index (χ0v) is 18.9. The van der Waals surface area contributed by atoms with E-state index in [9.17, 15) is 18.0 Å². The number of nitrogens with zero attached hydrogens (tertiary/aromatic N) is 2. The molecule has 0 radical (unpaired) electrons. The highest BCUT2D eigenvalue weighted by Gasteiger charge is 2.26. The second-order valence-electron chi connectivity index (χ2n) is 7.78. The second-order valence-corrected chi connectivity index (χ2v) is 10.0. The summed E-state index contributed by atoms with van der Waals surface area (Å²) in [6.07, 6.45) is 2.50. The van der Waals surface area contributed by atoms with E-state index in [-0.39, 0.29) is 18.5 Å². The van der Waals surface area contributed by atoms with Gasteiger partial charge in [0.25, 0.3) is 5.56 Å². The van der Waals surface area contributed by atoms with Gasteiger partial charge in [0.2, 0.25) is 5.91 Å². The van der Waals surface area contributed by atoms with Crippen molar-refractivity contribution in [3.63, 3.8) is 0 Å². The van der Waals surface area contributed by atoms with Gasteiger partial charge in [0.15, 0.2) is 9.84 Å². The summed E-state index contributed by atoms with van der Waals surface area (Å²) < 4.78 is 35.9. The Bertz CT molecular complexity index is 1080. The second kappa shape index (κ2) is 10.8. The molecular weight excluding hydrogens is 434 g/mol. The van der Waals surface area contributed by atoms with Crippen molar-refractivity contribution in [2.45, 2.75) is 18.2 Å². The maximum atomic E-state index is 12.5. The van der Waals surface area contributed by atoms with Crippen LogP contribution in [-0.4, -0.2) is 74.8 Å². The van der Waals surface area contributed by atoms with E-state index in [1.54, 1.807) is 12.3 Å². The number of benzene rings is 1. The largest absolute Gasteiger partial charge is 0.492 e. The van der Waals surface area contributed by atoms with Crippen LogP contribution < -0.4 is 16.0 Å². The molecule has 1 fully saturated rings. The molecule has 2 heterocycles. The summed E-state index contributed by atoms with van der Waals surface area (Å²) in [5, 5.41) is -1.31. The first kappa shape index (κ1) is 24.0. The molecule has 2 aromatic rings. The molecule has 1 aromatic carbocycles. The fraction of sp³-hybridized carbons (Fsp3) is 0.455. The molecule has 2 N–H and O–H groups in total. The van der Waals surface area contributed by atoms with E-state index >= 15 is 0 Å². The Labute approximate surface area is 187 Å². The number of morpholine rings is 1. The molecule has 1 saturated heterocycles. The van der Waals surface area contributed by atoms with Crippen LogP contribution in [0.5, 0.6) is 5.75 Å². The molecular formula is C22H29N3O6S. The normalized spacial score (nSPS) is 15.9. The number of pyridine rings is 1. The van der Waals surface area contributed by atoms with Crippen LogP contribution in [-0.2, 0) is 25.9 Å². The standard InChI is InChI=1S/C22H29N3O6S/c1-32(28,29)20(22(23)27)7-9-25-8-6-18(16-21(25)26)17-2-4-19(5-3-17)31-15-12-24-10-13-30-14-11-24/h2-6,8,16,20H,7,9-15H2,1H3,(H2,23,27). The Morgan fingerprint density at radius 2 is 1.81 bits per heavy atom. The summed E-state index contributed by atoms with van der Waals surface area (Å²) in [4.78, 5) is 26.2. The molecule has 10 heteroatoms. The highest BCUT2D eigenvalue weighted by molar-refractivity contribution is 7.92. The lowest BCUT2D eigenvalue weighted by atomic mass is 10.1. The lowest BCUT2D eigenvalue weighted by Crippen LogP contribution is -2.38. The minimum Gasteiger partial charge on any atom is -0.492 e. The number of carbonyl (C=O) groups is 1. The minimum atomic E-state index is -3.63. The third-order valence-corrected chi connectivity index (χ3v) is 6.93. The minimum absolute atomic E-state index is 0.0517. The van der Waals surface area contributed by atoms with Crippen molar-refractivity contribution in [3.8, 4) is 16.9 Å². The number of aromatic nitrogens is 1. The fourth-order valence-corrected chi connectivity index (χ4v) is 4.51. The summed E-state index contributed by atoms with van der Waals surface area (Å²) in [5.41, 5.74) is 6.49. The van der Waals surface area contributed by atoms with E-state index in [4.69, 9.17) is 15.2 Å². The smallest absolute Gasteiger partial charge is 0.251 e. The van der Waals surface area contributed by atoms with Gasteiger partial charge in [-0.3, -0.25) is 14.5 Å². The summed E-state index contributed by atoms with van der Waals surface area (Å²) in [6.45, 7) is 4.88. The molecule has 32 heavy (non-hydrogen) atoms. The van der Waals surface area contributed by atoms with Gasteiger partial charge < -0.3 is 19.8 Å². The zero-order chi connectivity index (χ0) is 23.1. The molecule has 1 atom stereocenters. The van der Waals surface area contributed by atoms with Gasteiger partial charge in [-0.25, -0.2) is 8.42 Å². The summed E-state index contributed by atoms with van der Waals surface area (Å²) >= 11 is 0. The lowest BCUT2D eigenvalue weighted by Gasteiger charge is -2.26. The van der Waals surface area contributed by atoms with Crippen molar-refractivity contribution in [2.24, 2.45) is 5.73 Å². The van der Waals surface area contributed by atoms with Gasteiger partial charge in [-0.2, -0.15) is 0 Å². The molecule has 3 rings (SSSR count). The van der Waals surface area contributed by atoms with Gasteiger partial charge in [0, 0.05) is 44.7 Å². The van der Waals surface area contributed by atoms with E-state index in [1.165, 1.54) is 10.6 Å². The topological polar surface area (TPSA) is 121 Å². The van der Waals surface area contributed by atoms with Crippen molar-refractivity contribution < 1.29 is 22.7 Å². The summed E-state index contributed by atoms with van der Waals surface area (Å²) in [7, 11) is -3.63. The van der Waals surface area contributed by atoms with Gasteiger partial charge in [0.05, 0.1) is 13.2 Å². The molecule has 0 aliphatic carbocycles. The molecule has 1 aliphatic rings. The van der Waals surface area contributed by atoms with Crippen molar-refractivity contribution >= 4 is 15.7 Å². The van der Waals surface area contributed by atoms with Gasteiger partial charge in [-0.15, -0.1) is 0 Å². The van der Waals surface area contributed by atoms with Crippen LogP contribution in [0.15, 0.2) is 47.4 Å². The van der Waals surface area contributed by atoms with E-state index in [1.807, 2.05) is 24.3 Å². The van der Waals surface area contributed by atoms with Gasteiger partial charge in [-0.1, -0.05) is 12.1 Å². The monoisotopic (exact) mass is 463 g/mol. The first-order valence-electron chi connectivity index (χ1n) is 10.5. The van der Waals surface area contributed by atoms with E-state index < -0.39 is 21.0 Å². The molecule has 0 bridgehead atoms. The molecule has 1 amide bonds. The van der Waals surface area contributed by atoms with Crippen LogP contribution in [0.2, 0.25) is 0 Å². The quantitative estimate of drug-likeness (QED) is 0.545. The van der Waals surface area contributed by atoms with Crippen LogP contribution in [0.4, 0.5) is 0 Å². The van der Waals surface area contributed by atoms with Crippen LogP contribution in [0.25, 0.3) is 11.1 Å². The number of amides is 1. The first-order valence-corrected chi connectivity index (χ1v) is 12.4. The maximum absolute atomic E-state index is 12.5. The number of sulfone groups is 1. The highest BCUT2D eigenvalue weighted by Crippen LogP contribution is 2.21. The predicted molar refractivity (Wildman–Crippen MR) is 121 cm³/mol. The Balaban J connectivity index is 1.58. The Kier molecular flexibility index (Phi) is 8.05. The third-order valence-electron chi connectivity index (χ3n) is 5.43. The zero-order valence-electron chi connectivity index (χ0n) is 18.1. The van der Waals surface area contributed by atoms with Crippen LogP contribution >= 0.6 is 0 Å². The number of hydrogen-bond acceptors (Lipinski definition) is 7. The number of ether oxygens (including phenoxy) is 2. The Morgan fingerprint density at radius 1 is 1.12 bits per heavy atom. The lowest BCUT2D eigenvalue weighted by molar-refractivity contribution is -0.117. The number of aryl methyl sites for hydroxylation is 1. The summed E-state index contributed by atoms with van der Waals surface area (Å²) in [6, 6.07) is 10.8. The van der Waals surface area contributed by atoms with E-state index in [2.05, 4.69) is 4.90 Å². The molecule has 1 aromatic heterocycles.